The molecule has 0 radical (unpaired) electrons. The summed E-state index contributed by atoms with van der Waals surface area (Å²) in [5, 5.41) is 12.6. The summed E-state index contributed by atoms with van der Waals surface area (Å²) in [6.45, 7) is 15.4. The number of piperidine rings is 1. The number of carbonyl (C=O) groups is 3. The molecule has 0 aromatic heterocycles. The SMILES string of the molecule is CN1CC[C@]23c4c5ccc(O[Si](C)(C)C(C)(C)C)c4O[C@H]2C(OC(=O)[C@@H]2CCCN2C(=O)C[C@@H]2OC(C)(C)OC2=O)=CC[C@]3(O)C1C5. The number of hydrogen-bond donors (Lipinski definition) is 1. The highest BCUT2D eigenvalue weighted by Crippen LogP contribution is 2.65. The highest BCUT2D eigenvalue weighted by Gasteiger charge is 2.72. The predicted molar refractivity (Wildman–Crippen MR) is 173 cm³/mol. The second kappa shape index (κ2) is 10.5. The van der Waals surface area contributed by atoms with Crippen LogP contribution in [0.3, 0.4) is 0 Å². The molecule has 1 N–H and O–H groups in total. The number of aliphatic hydroxyl groups is 1. The normalized spacial score (nSPS) is 33.9. The number of esters is 2. The molecule has 1 unspecified atom stereocenters. The first-order chi connectivity index (χ1) is 21.9. The third-order valence-electron chi connectivity index (χ3n) is 12.0. The predicted octanol–water partition coefficient (Wildman–Crippen LogP) is 3.95. The van der Waals surface area contributed by atoms with Gasteiger partial charge >= 0.3 is 11.9 Å². The van der Waals surface area contributed by atoms with Gasteiger partial charge in [-0.15, -0.1) is 0 Å². The molecule has 3 fully saturated rings. The van der Waals surface area contributed by atoms with Crippen LogP contribution >= 0.6 is 0 Å². The van der Waals surface area contributed by atoms with E-state index in [-0.39, 0.29) is 23.4 Å². The Bertz CT molecular complexity index is 1570. The minimum atomic E-state index is -2.25. The van der Waals surface area contributed by atoms with Crippen molar-refractivity contribution >= 4 is 26.2 Å². The zero-order chi connectivity index (χ0) is 33.9. The minimum absolute atomic E-state index is 0.0375. The van der Waals surface area contributed by atoms with Crippen LogP contribution < -0.4 is 9.16 Å². The van der Waals surface area contributed by atoms with Crippen molar-refractivity contribution in [3.63, 3.8) is 0 Å². The van der Waals surface area contributed by atoms with Gasteiger partial charge in [0.15, 0.2) is 18.0 Å². The zero-order valence-electron chi connectivity index (χ0n) is 28.8. The van der Waals surface area contributed by atoms with Crippen LogP contribution in [0.15, 0.2) is 24.0 Å². The monoisotopic (exact) mass is 668 g/mol. The fourth-order valence-corrected chi connectivity index (χ4v) is 9.57. The summed E-state index contributed by atoms with van der Waals surface area (Å²) in [5.41, 5.74) is 0.161. The van der Waals surface area contributed by atoms with E-state index < -0.39 is 55.3 Å². The summed E-state index contributed by atoms with van der Waals surface area (Å²) in [6.07, 6.45) is 2.55. The number of hydrogen-bond acceptors (Lipinski definition) is 10. The Kier molecular flexibility index (Phi) is 7.31. The maximum absolute atomic E-state index is 13.9. The van der Waals surface area contributed by atoms with Crippen LogP contribution in [0, 0.1) is 0 Å². The number of ether oxygens (including phenoxy) is 4. The topological polar surface area (TPSA) is 124 Å². The molecule has 2 aliphatic carbocycles. The van der Waals surface area contributed by atoms with E-state index in [0.717, 1.165) is 17.7 Å². The molecule has 4 aliphatic heterocycles. The van der Waals surface area contributed by atoms with Gasteiger partial charge in [0.2, 0.25) is 11.7 Å². The van der Waals surface area contributed by atoms with Gasteiger partial charge in [-0.05, 0) is 75.1 Å². The molecule has 6 aliphatic rings. The lowest BCUT2D eigenvalue weighted by molar-refractivity contribution is -0.171. The Labute approximate surface area is 277 Å². The summed E-state index contributed by atoms with van der Waals surface area (Å²) < 4.78 is 30.8. The highest BCUT2D eigenvalue weighted by molar-refractivity contribution is 6.74. The molecule has 6 atom stereocenters. The molecular formula is C35H48N2O9Si. The summed E-state index contributed by atoms with van der Waals surface area (Å²) in [7, 11) is -0.190. The average Bonchev–Trinajstić information content (AvgIpc) is 3.66. The van der Waals surface area contributed by atoms with Gasteiger partial charge in [-0.1, -0.05) is 26.8 Å². The number of benzene rings is 1. The quantitative estimate of drug-likeness (QED) is 0.352. The fraction of sp³-hybridized carbons (Fsp3) is 0.686. The molecule has 11 nitrogen and oxygen atoms in total. The van der Waals surface area contributed by atoms with Crippen molar-refractivity contribution in [2.24, 2.45) is 0 Å². The summed E-state index contributed by atoms with van der Waals surface area (Å²) in [4.78, 5) is 43.3. The van der Waals surface area contributed by atoms with Crippen LogP contribution in [0.5, 0.6) is 11.5 Å². The maximum atomic E-state index is 13.9. The van der Waals surface area contributed by atoms with E-state index in [0.29, 0.717) is 55.9 Å². The number of likely N-dealkylation sites (N-methyl/N-ethyl adjacent to an activating group) is 1. The Morgan fingerprint density at radius 3 is 2.60 bits per heavy atom. The molecule has 2 bridgehead atoms. The van der Waals surface area contributed by atoms with Crippen LogP contribution in [0.2, 0.25) is 18.1 Å². The molecule has 256 valence electrons. The zero-order valence-corrected chi connectivity index (χ0v) is 29.8. The van der Waals surface area contributed by atoms with Crippen LogP contribution in [-0.2, 0) is 40.4 Å². The largest absolute Gasteiger partial charge is 0.541 e. The van der Waals surface area contributed by atoms with Gasteiger partial charge in [-0.25, -0.2) is 9.59 Å². The standard InChI is InChI=1S/C35H48N2O9Si/c1-32(2,3)47(7,8)46-22-12-11-20-18-25-35(41)14-13-23(29-34(35,15-17-36(25)6)27(20)28(22)43-29)42-30(39)21-10-9-16-37(21)26(38)19-24-31(40)45-33(4,5)44-24/h11-13,21,24-25,29,41H,9-10,14-19H2,1-8H3/t21-,24-,25?,29-,34-,35-/m0/s1. The van der Waals surface area contributed by atoms with E-state index >= 15 is 0 Å². The first-order valence-electron chi connectivity index (χ1n) is 16.9. The average molecular weight is 669 g/mol. The van der Waals surface area contributed by atoms with Crippen LogP contribution in [0.1, 0.15) is 77.8 Å². The molecule has 3 saturated heterocycles. The van der Waals surface area contributed by atoms with E-state index in [9.17, 15) is 19.5 Å². The number of carbonyl (C=O) groups excluding carboxylic acids is 3. The lowest BCUT2D eigenvalue weighted by Gasteiger charge is -2.61. The highest BCUT2D eigenvalue weighted by atomic mass is 28.4. The molecule has 0 saturated carbocycles. The number of cyclic esters (lactones) is 1. The van der Waals surface area contributed by atoms with E-state index in [1.54, 1.807) is 13.8 Å². The van der Waals surface area contributed by atoms with Gasteiger partial charge < -0.3 is 38.3 Å². The van der Waals surface area contributed by atoms with Crippen molar-refractivity contribution in [2.75, 3.05) is 20.1 Å². The number of amides is 1. The maximum Gasteiger partial charge on any atom is 0.338 e. The lowest BCUT2D eigenvalue weighted by Crippen LogP contribution is -2.74. The Balaban J connectivity index is 1.19. The molecule has 1 amide bonds. The smallest absolute Gasteiger partial charge is 0.338 e. The van der Waals surface area contributed by atoms with Crippen molar-refractivity contribution < 1.29 is 42.9 Å². The van der Waals surface area contributed by atoms with Gasteiger partial charge in [-0.2, -0.15) is 0 Å². The first-order valence-corrected chi connectivity index (χ1v) is 19.9. The summed E-state index contributed by atoms with van der Waals surface area (Å²) in [6, 6.07) is 3.20. The van der Waals surface area contributed by atoms with Gasteiger partial charge in [0.05, 0.1) is 17.4 Å². The first kappa shape index (κ1) is 32.6. The van der Waals surface area contributed by atoms with Crippen molar-refractivity contribution in [1.82, 2.24) is 9.80 Å². The Morgan fingerprint density at radius 1 is 1.17 bits per heavy atom. The van der Waals surface area contributed by atoms with E-state index in [4.69, 9.17) is 23.4 Å². The van der Waals surface area contributed by atoms with Crippen molar-refractivity contribution in [1.29, 1.82) is 0 Å². The van der Waals surface area contributed by atoms with Crippen molar-refractivity contribution in [3.8, 4) is 11.5 Å². The van der Waals surface area contributed by atoms with Crippen LogP contribution in [-0.4, -0.2) is 96.9 Å². The van der Waals surface area contributed by atoms with Gasteiger partial charge in [0.1, 0.15) is 17.6 Å². The van der Waals surface area contributed by atoms with Crippen molar-refractivity contribution in [3.05, 3.63) is 35.1 Å². The van der Waals surface area contributed by atoms with E-state index in [1.165, 1.54) is 4.90 Å². The minimum Gasteiger partial charge on any atom is -0.541 e. The molecule has 1 aromatic carbocycles. The summed E-state index contributed by atoms with van der Waals surface area (Å²) in [5.74, 6) is -0.896. The molecule has 47 heavy (non-hydrogen) atoms. The second-order valence-corrected chi connectivity index (χ2v) is 21.0. The molecule has 1 aromatic rings. The third-order valence-corrected chi connectivity index (χ3v) is 16.3. The number of rotatable bonds is 6. The summed E-state index contributed by atoms with van der Waals surface area (Å²) >= 11 is 0. The lowest BCUT2D eigenvalue weighted by atomic mass is 9.50. The van der Waals surface area contributed by atoms with E-state index in [2.05, 4.69) is 51.9 Å². The van der Waals surface area contributed by atoms with Crippen molar-refractivity contribution in [2.45, 2.75) is 132 Å². The number of nitrogens with zero attached hydrogens (tertiary/aromatic N) is 2. The number of likely N-dealkylation sites (tertiary alicyclic amines) is 2. The van der Waals surface area contributed by atoms with Gasteiger partial charge in [-0.3, -0.25) is 4.79 Å². The molecule has 7 rings (SSSR count). The van der Waals surface area contributed by atoms with Crippen LogP contribution in [0.25, 0.3) is 0 Å². The Hall–Kier alpha value is -2.93. The fourth-order valence-electron chi connectivity index (χ4n) is 8.55. The van der Waals surface area contributed by atoms with Crippen LogP contribution in [0.4, 0.5) is 0 Å². The van der Waals surface area contributed by atoms with Gasteiger partial charge in [0.25, 0.3) is 8.32 Å². The molecule has 1 spiro atoms. The molecule has 12 heteroatoms. The molecule has 4 heterocycles. The Morgan fingerprint density at radius 2 is 1.91 bits per heavy atom. The van der Waals surface area contributed by atoms with E-state index in [1.807, 2.05) is 12.1 Å². The molecular weight excluding hydrogens is 620 g/mol. The van der Waals surface area contributed by atoms with Gasteiger partial charge in [0, 0.05) is 38.4 Å². The second-order valence-electron chi connectivity index (χ2n) is 16.2. The third kappa shape index (κ3) is 4.80.